The molecule has 0 saturated heterocycles. The summed E-state index contributed by atoms with van der Waals surface area (Å²) in [6, 6.07) is 14.5. The molecule has 0 amide bonds. The van der Waals surface area contributed by atoms with E-state index in [0.717, 1.165) is 46.7 Å². The molecule has 2 aromatic carbocycles. The number of thioether (sulfide) groups is 1. The number of pyridine rings is 1. The molecule has 0 aliphatic carbocycles. The van der Waals surface area contributed by atoms with Crippen LogP contribution >= 0.6 is 11.8 Å². The topological polar surface area (TPSA) is 59.4 Å². The number of hydrogen-bond donors (Lipinski definition) is 1. The fourth-order valence-electron chi connectivity index (χ4n) is 3.60. The number of nitrogens with zero attached hydrogens (tertiary/aromatic N) is 1. The summed E-state index contributed by atoms with van der Waals surface area (Å²) in [5, 5.41) is 8.95. The lowest BCUT2D eigenvalue weighted by atomic mass is 10.0. The van der Waals surface area contributed by atoms with Gasteiger partial charge in [0.1, 0.15) is 5.75 Å². The quantitative estimate of drug-likeness (QED) is 0.316. The van der Waals surface area contributed by atoms with Crippen LogP contribution in [0.15, 0.2) is 59.5 Å². The van der Waals surface area contributed by atoms with Gasteiger partial charge in [-0.25, -0.2) is 4.79 Å². The van der Waals surface area contributed by atoms with Crippen LogP contribution in [0.4, 0.5) is 13.2 Å². The molecule has 3 rings (SSSR count). The molecule has 1 atom stereocenters. The van der Waals surface area contributed by atoms with E-state index in [1.54, 1.807) is 17.8 Å². The van der Waals surface area contributed by atoms with E-state index in [2.05, 4.69) is 11.9 Å². The molecule has 1 aromatic heterocycles. The van der Waals surface area contributed by atoms with E-state index in [1.165, 1.54) is 12.1 Å². The number of carboxylic acids is 1. The highest BCUT2D eigenvalue weighted by atomic mass is 32.2. The van der Waals surface area contributed by atoms with Crippen molar-refractivity contribution in [1.29, 1.82) is 0 Å². The molecule has 1 N–H and O–H groups in total. The summed E-state index contributed by atoms with van der Waals surface area (Å²) in [5.41, 5.74) is 3.35. The van der Waals surface area contributed by atoms with Crippen molar-refractivity contribution >= 4 is 17.7 Å². The predicted molar refractivity (Wildman–Crippen MR) is 127 cm³/mol. The maximum Gasteiger partial charge on any atom is 0.416 e. The molecule has 3 aromatic rings. The van der Waals surface area contributed by atoms with Crippen molar-refractivity contribution in [2.45, 2.75) is 49.9 Å². The van der Waals surface area contributed by atoms with Crippen molar-refractivity contribution in [1.82, 2.24) is 4.98 Å². The highest BCUT2D eigenvalue weighted by Gasteiger charge is 2.30. The molecule has 4 nitrogen and oxygen atoms in total. The lowest BCUT2D eigenvalue weighted by Gasteiger charge is -2.19. The lowest BCUT2D eigenvalue weighted by Crippen LogP contribution is -2.10. The number of alkyl halides is 3. The molecule has 34 heavy (non-hydrogen) atoms. The zero-order valence-electron chi connectivity index (χ0n) is 19.1. The number of carbonyl (C=O) groups is 1. The van der Waals surface area contributed by atoms with E-state index < -0.39 is 17.7 Å². The zero-order valence-corrected chi connectivity index (χ0v) is 20.0. The highest BCUT2D eigenvalue weighted by molar-refractivity contribution is 7.99. The maximum atomic E-state index is 12.8. The molecule has 0 bridgehead atoms. The molecular formula is C26H26F3NO3S. The average Bonchev–Trinajstić information content (AvgIpc) is 2.77. The number of ether oxygens (including phenoxy) is 1. The Morgan fingerprint density at radius 3 is 2.35 bits per heavy atom. The molecule has 0 aliphatic rings. The van der Waals surface area contributed by atoms with Crippen LogP contribution in [0.2, 0.25) is 0 Å². The van der Waals surface area contributed by atoms with E-state index in [-0.39, 0.29) is 11.9 Å². The number of carboxylic acid groups (broad SMARTS) is 1. The van der Waals surface area contributed by atoms with Crippen LogP contribution in [0, 0.1) is 13.8 Å². The Morgan fingerprint density at radius 2 is 1.79 bits per heavy atom. The number of aromatic nitrogens is 1. The normalized spacial score (nSPS) is 12.4. The minimum atomic E-state index is -4.37. The Hall–Kier alpha value is -3.00. The van der Waals surface area contributed by atoms with E-state index in [0.29, 0.717) is 17.0 Å². The van der Waals surface area contributed by atoms with Gasteiger partial charge < -0.3 is 9.84 Å². The Bertz CT molecular complexity index is 1150. The van der Waals surface area contributed by atoms with Crippen molar-refractivity contribution in [3.8, 4) is 17.0 Å². The molecule has 0 radical (unpaired) electrons. The van der Waals surface area contributed by atoms with Crippen LogP contribution in [0.3, 0.4) is 0 Å². The second-order valence-electron chi connectivity index (χ2n) is 7.95. The zero-order chi connectivity index (χ0) is 24.9. The first-order valence-corrected chi connectivity index (χ1v) is 11.7. The smallest absolute Gasteiger partial charge is 0.416 e. The standard InChI is InChI=1S/C26H26F3NO3S/c1-4-5-24(34-20-10-13-23(16(2)14-20)33-15-25(31)32)21-11-12-22(30-17(21)3)18-6-8-19(9-7-18)26(27,28)29/h6-14,24H,4-5,15H2,1-3H3,(H,31,32). The van der Waals surface area contributed by atoms with Crippen molar-refractivity contribution in [2.24, 2.45) is 0 Å². The van der Waals surface area contributed by atoms with Crippen molar-refractivity contribution in [3.63, 3.8) is 0 Å². The van der Waals surface area contributed by atoms with E-state index in [9.17, 15) is 18.0 Å². The van der Waals surface area contributed by atoms with Gasteiger partial charge in [-0.15, -0.1) is 11.8 Å². The largest absolute Gasteiger partial charge is 0.482 e. The van der Waals surface area contributed by atoms with Gasteiger partial charge in [0.25, 0.3) is 0 Å². The number of hydrogen-bond acceptors (Lipinski definition) is 4. The first-order valence-electron chi connectivity index (χ1n) is 10.9. The Morgan fingerprint density at radius 1 is 1.09 bits per heavy atom. The first-order chi connectivity index (χ1) is 16.1. The SMILES string of the molecule is CCCC(Sc1ccc(OCC(=O)O)c(C)c1)c1ccc(-c2ccc(C(F)(F)F)cc2)nc1C. The minimum absolute atomic E-state index is 0.143. The van der Waals surface area contributed by atoms with Gasteiger partial charge in [0, 0.05) is 21.4 Å². The summed E-state index contributed by atoms with van der Waals surface area (Å²) in [6.07, 6.45) is -2.48. The molecule has 0 saturated carbocycles. The highest BCUT2D eigenvalue weighted by Crippen LogP contribution is 2.41. The molecule has 180 valence electrons. The average molecular weight is 490 g/mol. The number of aliphatic carboxylic acids is 1. The van der Waals surface area contributed by atoms with E-state index >= 15 is 0 Å². The Kier molecular flexibility index (Phi) is 8.25. The van der Waals surface area contributed by atoms with Gasteiger partial charge in [-0.05, 0) is 67.8 Å². The summed E-state index contributed by atoms with van der Waals surface area (Å²) >= 11 is 1.70. The third kappa shape index (κ3) is 6.53. The number of rotatable bonds is 9. The number of halogens is 3. The van der Waals surface area contributed by atoms with Crippen LogP contribution in [0.5, 0.6) is 5.75 Å². The van der Waals surface area contributed by atoms with Gasteiger partial charge in [-0.3, -0.25) is 4.98 Å². The van der Waals surface area contributed by atoms with Crippen LogP contribution in [-0.2, 0) is 11.0 Å². The third-order valence-corrected chi connectivity index (χ3v) is 6.61. The Balaban J connectivity index is 1.81. The molecule has 0 spiro atoms. The summed E-state index contributed by atoms with van der Waals surface area (Å²) in [7, 11) is 0. The molecule has 1 unspecified atom stereocenters. The van der Waals surface area contributed by atoms with Gasteiger partial charge in [0.15, 0.2) is 6.61 Å². The van der Waals surface area contributed by atoms with Gasteiger partial charge in [0.2, 0.25) is 0 Å². The number of aryl methyl sites for hydroxylation is 2. The predicted octanol–water partition coefficient (Wildman–Crippen LogP) is 7.48. The molecular weight excluding hydrogens is 463 g/mol. The van der Waals surface area contributed by atoms with Crippen LogP contribution in [0.25, 0.3) is 11.3 Å². The second kappa shape index (κ2) is 11.0. The lowest BCUT2D eigenvalue weighted by molar-refractivity contribution is -0.139. The van der Waals surface area contributed by atoms with Crippen molar-refractivity contribution < 1.29 is 27.8 Å². The van der Waals surface area contributed by atoms with Gasteiger partial charge in [0.05, 0.1) is 11.3 Å². The molecule has 0 aliphatic heterocycles. The van der Waals surface area contributed by atoms with Crippen LogP contribution in [-0.4, -0.2) is 22.7 Å². The minimum Gasteiger partial charge on any atom is -0.482 e. The number of benzene rings is 2. The van der Waals surface area contributed by atoms with E-state index in [4.69, 9.17) is 9.84 Å². The summed E-state index contributed by atoms with van der Waals surface area (Å²) in [6.45, 7) is 5.52. The van der Waals surface area contributed by atoms with E-state index in [1.807, 2.05) is 38.1 Å². The fourth-order valence-corrected chi connectivity index (χ4v) is 5.05. The van der Waals surface area contributed by atoms with Gasteiger partial charge in [-0.2, -0.15) is 13.2 Å². The molecule has 0 fully saturated rings. The monoisotopic (exact) mass is 489 g/mol. The van der Waals surface area contributed by atoms with Crippen molar-refractivity contribution in [2.75, 3.05) is 6.61 Å². The Labute approximate surface area is 201 Å². The summed E-state index contributed by atoms with van der Waals surface area (Å²) in [4.78, 5) is 16.5. The third-order valence-electron chi connectivity index (χ3n) is 5.31. The van der Waals surface area contributed by atoms with Crippen LogP contribution in [0.1, 0.15) is 47.4 Å². The molecule has 8 heteroatoms. The fraction of sp³-hybridized carbons (Fsp3) is 0.308. The summed E-state index contributed by atoms with van der Waals surface area (Å²) < 4.78 is 43.9. The first kappa shape index (κ1) is 25.6. The molecule has 1 heterocycles. The van der Waals surface area contributed by atoms with Gasteiger partial charge >= 0.3 is 12.1 Å². The second-order valence-corrected chi connectivity index (χ2v) is 9.23. The summed E-state index contributed by atoms with van der Waals surface area (Å²) in [5.74, 6) is -0.485. The van der Waals surface area contributed by atoms with Crippen LogP contribution < -0.4 is 4.74 Å². The van der Waals surface area contributed by atoms with Gasteiger partial charge in [-0.1, -0.05) is 31.5 Å². The maximum absolute atomic E-state index is 12.8. The van der Waals surface area contributed by atoms with Crippen molar-refractivity contribution in [3.05, 3.63) is 77.0 Å².